The summed E-state index contributed by atoms with van der Waals surface area (Å²) in [5.74, 6) is -1.32. The highest BCUT2D eigenvalue weighted by Crippen LogP contribution is 2.24. The van der Waals surface area contributed by atoms with Crippen molar-refractivity contribution >= 4 is 27.5 Å². The maximum absolute atomic E-state index is 13.8. The topological polar surface area (TPSA) is 86.8 Å². The minimum Gasteiger partial charge on any atom is -0.352 e. The Balaban J connectivity index is 1.62. The third-order valence-corrected chi connectivity index (χ3v) is 8.87. The Morgan fingerprint density at radius 1 is 0.923 bits per heavy atom. The number of amides is 2. The van der Waals surface area contributed by atoms with Gasteiger partial charge in [-0.1, -0.05) is 61.4 Å². The number of sulfonamides is 1. The van der Waals surface area contributed by atoms with E-state index in [2.05, 4.69) is 5.32 Å². The summed E-state index contributed by atoms with van der Waals surface area (Å²) >= 11 is 0. The maximum atomic E-state index is 13.8. The van der Waals surface area contributed by atoms with Gasteiger partial charge in [0.2, 0.25) is 11.8 Å². The van der Waals surface area contributed by atoms with Gasteiger partial charge in [0.25, 0.3) is 10.0 Å². The van der Waals surface area contributed by atoms with Gasteiger partial charge < -0.3 is 10.2 Å². The smallest absolute Gasteiger partial charge is 0.264 e. The number of carbonyl (C=O) groups excluding carboxylic acids is 2. The highest BCUT2D eigenvalue weighted by Gasteiger charge is 2.33. The van der Waals surface area contributed by atoms with Crippen LogP contribution in [0.15, 0.2) is 89.8 Å². The zero-order chi connectivity index (χ0) is 27.8. The number of para-hydroxylation sites is 1. The molecule has 1 saturated carbocycles. The largest absolute Gasteiger partial charge is 0.352 e. The molecule has 3 aromatic carbocycles. The van der Waals surface area contributed by atoms with Gasteiger partial charge in [0.1, 0.15) is 18.4 Å². The van der Waals surface area contributed by atoms with Crippen molar-refractivity contribution in [3.05, 3.63) is 96.3 Å². The molecular formula is C30H34FN3O4S. The summed E-state index contributed by atoms with van der Waals surface area (Å²) in [6.45, 7) is 1.40. The molecule has 1 fully saturated rings. The van der Waals surface area contributed by atoms with Gasteiger partial charge in [-0.2, -0.15) is 0 Å². The van der Waals surface area contributed by atoms with Gasteiger partial charge in [0.05, 0.1) is 10.6 Å². The summed E-state index contributed by atoms with van der Waals surface area (Å²) in [5.41, 5.74) is 1.29. The molecule has 7 nitrogen and oxygen atoms in total. The number of nitrogens with zero attached hydrogens (tertiary/aromatic N) is 2. The molecule has 1 aliphatic rings. The van der Waals surface area contributed by atoms with Gasteiger partial charge in [0, 0.05) is 12.6 Å². The molecule has 0 bridgehead atoms. The number of hydrogen-bond donors (Lipinski definition) is 1. The first-order chi connectivity index (χ1) is 18.8. The number of benzene rings is 3. The highest BCUT2D eigenvalue weighted by atomic mass is 32.2. The van der Waals surface area contributed by atoms with E-state index in [4.69, 9.17) is 0 Å². The van der Waals surface area contributed by atoms with Crippen molar-refractivity contribution in [2.45, 2.75) is 56.0 Å². The molecule has 0 unspecified atom stereocenters. The lowest BCUT2D eigenvalue weighted by Crippen LogP contribution is -2.53. The van der Waals surface area contributed by atoms with Gasteiger partial charge >= 0.3 is 0 Å². The second-order valence-corrected chi connectivity index (χ2v) is 11.7. The Kier molecular flexibility index (Phi) is 9.35. The summed E-state index contributed by atoms with van der Waals surface area (Å²) in [6.07, 6.45) is 4.44. The summed E-state index contributed by atoms with van der Waals surface area (Å²) in [5, 5.41) is 3.06. The quantitative estimate of drug-likeness (QED) is 0.379. The van der Waals surface area contributed by atoms with Gasteiger partial charge in [-0.3, -0.25) is 13.9 Å². The Morgan fingerprint density at radius 3 is 2.13 bits per heavy atom. The first-order valence-electron chi connectivity index (χ1n) is 13.2. The fourth-order valence-electron chi connectivity index (χ4n) is 4.82. The minimum atomic E-state index is -4.21. The van der Waals surface area contributed by atoms with E-state index in [9.17, 15) is 22.4 Å². The number of halogens is 1. The van der Waals surface area contributed by atoms with E-state index in [0.717, 1.165) is 47.7 Å². The molecule has 1 atom stereocenters. The molecule has 2 amide bonds. The molecule has 4 rings (SSSR count). The Hall–Kier alpha value is -3.72. The van der Waals surface area contributed by atoms with Crippen LogP contribution in [-0.4, -0.2) is 50.3 Å². The molecule has 9 heteroatoms. The number of carbonyl (C=O) groups is 2. The molecule has 3 aromatic rings. The van der Waals surface area contributed by atoms with Gasteiger partial charge in [0.15, 0.2) is 0 Å². The maximum Gasteiger partial charge on any atom is 0.264 e. The molecule has 0 heterocycles. The Labute approximate surface area is 229 Å². The van der Waals surface area contributed by atoms with E-state index in [1.165, 1.54) is 17.0 Å². The standard InChI is InChI=1S/C30H34FN3O4S/c1-23(30(36)32-26-12-8-9-13-26)33(21-20-24-10-4-2-5-11-24)29(35)22-34(27-14-6-3-7-15-27)39(37,38)28-18-16-25(31)17-19-28/h2-7,10-11,14-19,23,26H,8-9,12-13,20-22H2,1H3,(H,32,36)/t23-/m1/s1. The lowest BCUT2D eigenvalue weighted by Gasteiger charge is -2.32. The van der Waals surface area contributed by atoms with Crippen molar-refractivity contribution in [2.24, 2.45) is 0 Å². The van der Waals surface area contributed by atoms with E-state index in [-0.39, 0.29) is 23.4 Å². The summed E-state index contributed by atoms with van der Waals surface area (Å²) in [4.78, 5) is 28.3. The Morgan fingerprint density at radius 2 is 1.51 bits per heavy atom. The third-order valence-electron chi connectivity index (χ3n) is 7.08. The molecule has 0 radical (unpaired) electrons. The molecule has 0 aromatic heterocycles. The van der Waals surface area contributed by atoms with E-state index in [0.29, 0.717) is 12.1 Å². The predicted octanol–water partition coefficient (Wildman–Crippen LogP) is 4.54. The molecule has 0 spiro atoms. The lowest BCUT2D eigenvalue weighted by atomic mass is 10.1. The van der Waals surface area contributed by atoms with Crippen LogP contribution < -0.4 is 9.62 Å². The van der Waals surface area contributed by atoms with Crippen molar-refractivity contribution < 1.29 is 22.4 Å². The van der Waals surface area contributed by atoms with Crippen LogP contribution in [-0.2, 0) is 26.0 Å². The van der Waals surface area contributed by atoms with E-state index >= 15 is 0 Å². The molecule has 0 aliphatic heterocycles. The van der Waals surface area contributed by atoms with Crippen molar-refractivity contribution in [1.82, 2.24) is 10.2 Å². The molecule has 206 valence electrons. The lowest BCUT2D eigenvalue weighted by molar-refractivity contribution is -0.139. The number of nitrogens with one attached hydrogen (secondary N) is 1. The van der Waals surface area contributed by atoms with Gasteiger partial charge in [-0.15, -0.1) is 0 Å². The van der Waals surface area contributed by atoms with Crippen molar-refractivity contribution in [3.63, 3.8) is 0 Å². The number of anilines is 1. The van der Waals surface area contributed by atoms with E-state index < -0.39 is 34.3 Å². The van der Waals surface area contributed by atoms with Crippen LogP contribution in [0.1, 0.15) is 38.2 Å². The summed E-state index contributed by atoms with van der Waals surface area (Å²) in [7, 11) is -4.21. The average Bonchev–Trinajstić information content (AvgIpc) is 3.46. The van der Waals surface area contributed by atoms with Crippen molar-refractivity contribution in [2.75, 3.05) is 17.4 Å². The molecule has 39 heavy (non-hydrogen) atoms. The molecule has 0 saturated heterocycles. The number of hydrogen-bond acceptors (Lipinski definition) is 4. The first-order valence-corrected chi connectivity index (χ1v) is 14.7. The van der Waals surface area contributed by atoms with Crippen LogP contribution in [0.25, 0.3) is 0 Å². The third kappa shape index (κ3) is 7.23. The summed E-state index contributed by atoms with van der Waals surface area (Å²) in [6, 6.07) is 21.7. The Bertz CT molecular complexity index is 1350. The zero-order valence-corrected chi connectivity index (χ0v) is 22.8. The van der Waals surface area contributed by atoms with E-state index in [1.54, 1.807) is 37.3 Å². The first kappa shape index (κ1) is 28.3. The van der Waals surface area contributed by atoms with Crippen LogP contribution in [0.2, 0.25) is 0 Å². The molecule has 1 aliphatic carbocycles. The van der Waals surface area contributed by atoms with E-state index in [1.807, 2.05) is 30.3 Å². The van der Waals surface area contributed by atoms with Crippen LogP contribution in [0.4, 0.5) is 10.1 Å². The fourth-order valence-corrected chi connectivity index (χ4v) is 6.23. The van der Waals surface area contributed by atoms with Crippen molar-refractivity contribution in [3.8, 4) is 0 Å². The molecule has 1 N–H and O–H groups in total. The van der Waals surface area contributed by atoms with Gasteiger partial charge in [-0.05, 0) is 68.1 Å². The van der Waals surface area contributed by atoms with Crippen LogP contribution in [0, 0.1) is 5.82 Å². The van der Waals surface area contributed by atoms with Crippen molar-refractivity contribution in [1.29, 1.82) is 0 Å². The predicted molar refractivity (Wildman–Crippen MR) is 149 cm³/mol. The van der Waals surface area contributed by atoms with Crippen LogP contribution >= 0.6 is 0 Å². The second kappa shape index (κ2) is 12.9. The van der Waals surface area contributed by atoms with Crippen LogP contribution in [0.3, 0.4) is 0 Å². The number of rotatable bonds is 11. The fraction of sp³-hybridized carbons (Fsp3) is 0.333. The summed E-state index contributed by atoms with van der Waals surface area (Å²) < 4.78 is 41.9. The average molecular weight is 552 g/mol. The normalized spacial score (nSPS) is 14.5. The zero-order valence-electron chi connectivity index (χ0n) is 22.0. The highest BCUT2D eigenvalue weighted by molar-refractivity contribution is 7.92. The second-order valence-electron chi connectivity index (χ2n) is 9.79. The SMILES string of the molecule is C[C@H](C(=O)NC1CCCC1)N(CCc1ccccc1)C(=O)CN(c1ccccc1)S(=O)(=O)c1ccc(F)cc1. The monoisotopic (exact) mass is 551 g/mol. The van der Waals surface area contributed by atoms with Crippen LogP contribution in [0.5, 0.6) is 0 Å². The minimum absolute atomic E-state index is 0.0886. The molecular weight excluding hydrogens is 517 g/mol. The van der Waals surface area contributed by atoms with Gasteiger partial charge in [-0.25, -0.2) is 12.8 Å².